The van der Waals surface area contributed by atoms with Crippen LogP contribution in [0.5, 0.6) is 0 Å². The van der Waals surface area contributed by atoms with Gasteiger partial charge < -0.3 is 21.1 Å². The SMILES string of the molecule is CC(=O)Nc1c(Cl)cc(CN(C(=O)O)C(N)=NC(=O)C2C3CC3CN2c2ccccc2)cc1Cl. The van der Waals surface area contributed by atoms with Crippen molar-refractivity contribution >= 4 is 58.4 Å². The van der Waals surface area contributed by atoms with Crippen LogP contribution >= 0.6 is 23.2 Å². The summed E-state index contributed by atoms with van der Waals surface area (Å²) in [5, 5.41) is 12.5. The molecule has 1 aliphatic heterocycles. The van der Waals surface area contributed by atoms with Gasteiger partial charge in [-0.2, -0.15) is 4.99 Å². The molecule has 1 aliphatic carbocycles. The molecule has 2 aromatic carbocycles. The predicted molar refractivity (Wildman–Crippen MR) is 130 cm³/mol. The normalized spacial score (nSPS) is 21.1. The summed E-state index contributed by atoms with van der Waals surface area (Å²) >= 11 is 12.4. The first-order valence-electron chi connectivity index (χ1n) is 10.6. The summed E-state index contributed by atoms with van der Waals surface area (Å²) in [5.41, 5.74) is 7.53. The van der Waals surface area contributed by atoms with Crippen LogP contribution in [0.2, 0.25) is 10.0 Å². The minimum Gasteiger partial charge on any atom is -0.465 e. The number of benzene rings is 2. The number of hydrogen-bond donors (Lipinski definition) is 3. The van der Waals surface area contributed by atoms with E-state index in [1.54, 1.807) is 0 Å². The Kier molecular flexibility index (Phi) is 6.67. The molecule has 1 saturated carbocycles. The number of hydrogen-bond acceptors (Lipinski definition) is 4. The second kappa shape index (κ2) is 9.52. The highest BCUT2D eigenvalue weighted by molar-refractivity contribution is 6.39. The lowest BCUT2D eigenvalue weighted by Crippen LogP contribution is -2.44. The molecule has 1 heterocycles. The molecule has 3 amide bonds. The molecule has 2 aliphatic rings. The molecule has 3 unspecified atom stereocenters. The molecule has 9 nitrogen and oxygen atoms in total. The van der Waals surface area contributed by atoms with Crippen LogP contribution in [0.15, 0.2) is 47.5 Å². The van der Waals surface area contributed by atoms with Gasteiger partial charge in [-0.25, -0.2) is 9.69 Å². The number of carboxylic acid groups (broad SMARTS) is 1. The lowest BCUT2D eigenvalue weighted by atomic mass is 10.1. The molecule has 34 heavy (non-hydrogen) atoms. The molecule has 2 aromatic rings. The van der Waals surface area contributed by atoms with Crippen LogP contribution in [-0.2, 0) is 16.1 Å². The van der Waals surface area contributed by atoms with Gasteiger partial charge in [0.1, 0.15) is 6.04 Å². The maximum Gasteiger partial charge on any atom is 0.414 e. The number of piperidine rings is 1. The summed E-state index contributed by atoms with van der Waals surface area (Å²) in [6, 6.07) is 12.0. The van der Waals surface area contributed by atoms with Gasteiger partial charge in [-0.15, -0.1) is 0 Å². The lowest BCUT2D eigenvalue weighted by Gasteiger charge is -2.27. The van der Waals surface area contributed by atoms with Crippen molar-refractivity contribution in [2.75, 3.05) is 16.8 Å². The number of guanidine groups is 1. The molecule has 2 fully saturated rings. The summed E-state index contributed by atoms with van der Waals surface area (Å²) in [6.45, 7) is 1.83. The summed E-state index contributed by atoms with van der Waals surface area (Å²) < 4.78 is 0. The fourth-order valence-corrected chi connectivity index (χ4v) is 4.97. The first-order valence-corrected chi connectivity index (χ1v) is 11.4. The van der Waals surface area contributed by atoms with Gasteiger partial charge in [-0.1, -0.05) is 41.4 Å². The maximum atomic E-state index is 13.1. The number of aliphatic imine (C=N–C) groups is 1. The number of carbonyl (C=O) groups is 3. The van der Waals surface area contributed by atoms with Gasteiger partial charge in [-0.05, 0) is 48.1 Å². The van der Waals surface area contributed by atoms with Gasteiger partial charge in [0.05, 0.1) is 22.3 Å². The van der Waals surface area contributed by atoms with Crippen molar-refractivity contribution in [3.8, 4) is 0 Å². The zero-order chi connectivity index (χ0) is 24.6. The Hall–Kier alpha value is -3.30. The van der Waals surface area contributed by atoms with E-state index < -0.39 is 24.0 Å². The predicted octanol–water partition coefficient (Wildman–Crippen LogP) is 3.80. The summed E-state index contributed by atoms with van der Waals surface area (Å²) in [6.07, 6.45) is -0.446. The van der Waals surface area contributed by atoms with E-state index in [2.05, 4.69) is 10.3 Å². The summed E-state index contributed by atoms with van der Waals surface area (Å²) in [4.78, 5) is 43.1. The minimum atomic E-state index is -1.39. The number of para-hydroxylation sites is 1. The van der Waals surface area contributed by atoms with Crippen molar-refractivity contribution in [1.82, 2.24) is 4.90 Å². The number of amides is 3. The van der Waals surface area contributed by atoms with Gasteiger partial charge in [-0.3, -0.25) is 9.59 Å². The molecule has 178 valence electrons. The zero-order valence-corrected chi connectivity index (χ0v) is 19.8. The molecular weight excluding hydrogens is 481 g/mol. The molecule has 1 saturated heterocycles. The molecule has 4 N–H and O–H groups in total. The number of carbonyl (C=O) groups excluding carboxylic acids is 2. The van der Waals surface area contributed by atoms with Gasteiger partial charge in [0, 0.05) is 19.2 Å². The van der Waals surface area contributed by atoms with Crippen molar-refractivity contribution in [2.45, 2.75) is 25.9 Å². The van der Waals surface area contributed by atoms with E-state index >= 15 is 0 Å². The van der Waals surface area contributed by atoms with Gasteiger partial charge in [0.25, 0.3) is 5.91 Å². The van der Waals surface area contributed by atoms with Gasteiger partial charge in [0.2, 0.25) is 11.9 Å². The number of halogens is 2. The van der Waals surface area contributed by atoms with Crippen molar-refractivity contribution in [3.05, 3.63) is 58.1 Å². The molecule has 3 atom stereocenters. The van der Waals surface area contributed by atoms with Gasteiger partial charge in [0.15, 0.2) is 0 Å². The Morgan fingerprint density at radius 2 is 1.85 bits per heavy atom. The molecule has 0 spiro atoms. The van der Waals surface area contributed by atoms with E-state index in [-0.39, 0.29) is 34.1 Å². The van der Waals surface area contributed by atoms with E-state index in [0.29, 0.717) is 11.5 Å². The Morgan fingerprint density at radius 1 is 1.21 bits per heavy atom. The van der Waals surface area contributed by atoms with Crippen LogP contribution in [-0.4, -0.2) is 46.5 Å². The van der Waals surface area contributed by atoms with E-state index in [4.69, 9.17) is 28.9 Å². The Morgan fingerprint density at radius 3 is 2.44 bits per heavy atom. The van der Waals surface area contributed by atoms with E-state index in [9.17, 15) is 19.5 Å². The third kappa shape index (κ3) is 4.95. The second-order valence-electron chi connectivity index (χ2n) is 8.38. The van der Waals surface area contributed by atoms with E-state index in [1.807, 2.05) is 35.2 Å². The first kappa shape index (κ1) is 23.8. The number of nitrogens with two attached hydrogens (primary N) is 1. The minimum absolute atomic E-state index is 0.138. The average molecular weight is 504 g/mol. The van der Waals surface area contributed by atoms with Crippen LogP contribution in [0.25, 0.3) is 0 Å². The summed E-state index contributed by atoms with van der Waals surface area (Å²) in [5.74, 6) is -0.663. The third-order valence-corrected chi connectivity index (χ3v) is 6.56. The standard InChI is InChI=1S/C23H23Cl2N5O4/c1-12(31)27-19-17(24)7-13(8-18(19)25)10-30(23(33)34)22(26)28-21(32)20-16-9-14(16)11-29(20)15-5-3-2-4-6-15/h2-8,14,16,20H,9-11H2,1H3,(H,27,31)(H,33,34)(H2,26,28,32). The molecule has 0 bridgehead atoms. The van der Waals surface area contributed by atoms with Crippen molar-refractivity contribution in [3.63, 3.8) is 0 Å². The molecule has 11 heteroatoms. The molecule has 0 aromatic heterocycles. The van der Waals surface area contributed by atoms with E-state index in [0.717, 1.165) is 23.6 Å². The molecule has 4 rings (SSSR count). The Labute approximate surface area is 206 Å². The Bertz CT molecular complexity index is 1150. The summed E-state index contributed by atoms with van der Waals surface area (Å²) in [7, 11) is 0. The lowest BCUT2D eigenvalue weighted by molar-refractivity contribution is -0.119. The molecule has 0 radical (unpaired) electrons. The number of nitrogens with zero attached hydrogens (tertiary/aromatic N) is 3. The van der Waals surface area contributed by atoms with Crippen LogP contribution in [0, 0.1) is 11.8 Å². The topological polar surface area (TPSA) is 128 Å². The second-order valence-corrected chi connectivity index (χ2v) is 9.20. The monoisotopic (exact) mass is 503 g/mol. The average Bonchev–Trinajstić information content (AvgIpc) is 3.43. The Balaban J connectivity index is 1.54. The highest BCUT2D eigenvalue weighted by atomic mass is 35.5. The highest BCUT2D eigenvalue weighted by Crippen LogP contribution is 2.51. The first-order chi connectivity index (χ1) is 16.2. The van der Waals surface area contributed by atoms with Crippen molar-refractivity contribution in [2.24, 2.45) is 22.6 Å². The van der Waals surface area contributed by atoms with Gasteiger partial charge >= 0.3 is 6.09 Å². The number of rotatable bonds is 5. The quantitative estimate of drug-likeness (QED) is 0.420. The van der Waals surface area contributed by atoms with E-state index in [1.165, 1.54) is 19.1 Å². The van der Waals surface area contributed by atoms with Crippen LogP contribution in [0.1, 0.15) is 18.9 Å². The fraction of sp³-hybridized carbons (Fsp3) is 0.304. The van der Waals surface area contributed by atoms with Crippen molar-refractivity contribution in [1.29, 1.82) is 0 Å². The highest BCUT2D eigenvalue weighted by Gasteiger charge is 2.55. The number of nitrogens with one attached hydrogen (secondary N) is 1. The smallest absolute Gasteiger partial charge is 0.414 e. The van der Waals surface area contributed by atoms with Crippen molar-refractivity contribution < 1.29 is 19.5 Å². The fourth-order valence-electron chi connectivity index (χ4n) is 4.35. The number of anilines is 2. The maximum absolute atomic E-state index is 13.1. The molecular formula is C23H23Cl2N5O4. The van der Waals surface area contributed by atoms with Crippen LogP contribution in [0.4, 0.5) is 16.2 Å². The van der Waals surface area contributed by atoms with Crippen LogP contribution < -0.4 is 16.0 Å². The largest absolute Gasteiger partial charge is 0.465 e. The third-order valence-electron chi connectivity index (χ3n) is 5.97. The zero-order valence-electron chi connectivity index (χ0n) is 18.2. The number of fused-ring (bicyclic) bond motifs is 1. The van der Waals surface area contributed by atoms with Crippen LogP contribution in [0.3, 0.4) is 0 Å².